The number of carbonyl (C=O) groups excluding carboxylic acids is 1. The summed E-state index contributed by atoms with van der Waals surface area (Å²) in [7, 11) is -2.16. The van der Waals surface area contributed by atoms with Gasteiger partial charge in [-0.1, -0.05) is 18.6 Å². The van der Waals surface area contributed by atoms with E-state index in [1.54, 1.807) is 13.0 Å². The monoisotopic (exact) mass is 446 g/mol. The summed E-state index contributed by atoms with van der Waals surface area (Å²) in [6.07, 6.45) is 1.96. The van der Waals surface area contributed by atoms with Crippen molar-refractivity contribution in [2.24, 2.45) is 0 Å². The minimum absolute atomic E-state index is 0.133. The zero-order valence-corrected chi connectivity index (χ0v) is 19.3. The summed E-state index contributed by atoms with van der Waals surface area (Å²) in [6, 6.07) is 10.2. The van der Waals surface area contributed by atoms with Crippen LogP contribution in [0.15, 0.2) is 41.3 Å². The molecule has 168 valence electrons. The molecule has 1 fully saturated rings. The lowest BCUT2D eigenvalue weighted by Crippen LogP contribution is -2.35. The largest absolute Gasteiger partial charge is 0.495 e. The van der Waals surface area contributed by atoms with Gasteiger partial charge in [-0.25, -0.2) is 8.42 Å². The van der Waals surface area contributed by atoms with Gasteiger partial charge >= 0.3 is 0 Å². The van der Waals surface area contributed by atoms with Crippen molar-refractivity contribution in [3.05, 3.63) is 47.5 Å². The lowest BCUT2D eigenvalue weighted by molar-refractivity contribution is -0.122. The molecule has 3 rings (SSSR count). The maximum atomic E-state index is 13.0. The van der Waals surface area contributed by atoms with Gasteiger partial charge in [0.2, 0.25) is 10.0 Å². The van der Waals surface area contributed by atoms with E-state index >= 15 is 0 Å². The molecule has 0 saturated carbocycles. The van der Waals surface area contributed by atoms with Gasteiger partial charge in [-0.3, -0.25) is 4.79 Å². The van der Waals surface area contributed by atoms with Crippen molar-refractivity contribution in [3.8, 4) is 11.5 Å². The smallest absolute Gasteiger partial charge is 0.265 e. The average Bonchev–Trinajstić information content (AvgIpc) is 2.77. The van der Waals surface area contributed by atoms with E-state index in [1.165, 1.54) is 23.5 Å². The number of rotatable bonds is 7. The lowest BCUT2D eigenvalue weighted by Gasteiger charge is -2.26. The molecule has 0 aliphatic carbocycles. The molecule has 1 amide bonds. The molecular weight excluding hydrogens is 416 g/mol. The van der Waals surface area contributed by atoms with Crippen LogP contribution in [0, 0.1) is 13.8 Å². The van der Waals surface area contributed by atoms with E-state index in [1.807, 2.05) is 32.0 Å². The molecule has 8 heteroatoms. The molecule has 2 aromatic carbocycles. The highest BCUT2D eigenvalue weighted by atomic mass is 32.2. The first-order valence-corrected chi connectivity index (χ1v) is 11.9. The standard InChI is InChI=1S/C23H30N2O5S/c1-16-9-8-10-21(17(16)2)30-18(3)23(26)24-20-15-19(11-12-22(20)29-4)31(27,28)25-13-6-5-7-14-25/h8-12,15,18H,5-7,13-14H2,1-4H3,(H,24,26)/t18-/m0/s1. The Morgan fingerprint density at radius 2 is 1.77 bits per heavy atom. The predicted octanol–water partition coefficient (Wildman–Crippen LogP) is 3.89. The third-order valence-corrected chi connectivity index (χ3v) is 7.50. The molecule has 1 aliphatic rings. The van der Waals surface area contributed by atoms with Crippen LogP contribution in [0.1, 0.15) is 37.3 Å². The Kier molecular flexibility index (Phi) is 7.23. The van der Waals surface area contributed by atoms with Crippen LogP contribution in [-0.4, -0.2) is 44.9 Å². The molecule has 1 heterocycles. The Balaban J connectivity index is 1.80. The van der Waals surface area contributed by atoms with Crippen LogP contribution in [0.4, 0.5) is 5.69 Å². The Hall–Kier alpha value is -2.58. The third kappa shape index (κ3) is 5.19. The number of methoxy groups -OCH3 is 1. The fourth-order valence-corrected chi connectivity index (χ4v) is 5.07. The number of piperidine rings is 1. The van der Waals surface area contributed by atoms with E-state index in [0.29, 0.717) is 30.3 Å². The molecule has 0 radical (unpaired) electrons. The second-order valence-electron chi connectivity index (χ2n) is 7.77. The number of anilines is 1. The van der Waals surface area contributed by atoms with Crippen molar-refractivity contribution in [2.45, 2.75) is 51.0 Å². The zero-order valence-electron chi connectivity index (χ0n) is 18.5. The normalized spacial score (nSPS) is 15.9. The van der Waals surface area contributed by atoms with Crippen molar-refractivity contribution < 1.29 is 22.7 Å². The van der Waals surface area contributed by atoms with Crippen LogP contribution >= 0.6 is 0 Å². The summed E-state index contributed by atoms with van der Waals surface area (Å²) in [4.78, 5) is 12.9. The number of sulfonamides is 1. The minimum atomic E-state index is -3.63. The summed E-state index contributed by atoms with van der Waals surface area (Å²) in [5, 5.41) is 2.76. The summed E-state index contributed by atoms with van der Waals surface area (Å²) < 4.78 is 38.7. The number of aryl methyl sites for hydroxylation is 1. The molecule has 7 nitrogen and oxygen atoms in total. The number of hydrogen-bond donors (Lipinski definition) is 1. The Bertz CT molecular complexity index is 1050. The van der Waals surface area contributed by atoms with Crippen LogP contribution in [0.5, 0.6) is 11.5 Å². The predicted molar refractivity (Wildman–Crippen MR) is 120 cm³/mol. The van der Waals surface area contributed by atoms with Gasteiger partial charge in [-0.05, 0) is 69.0 Å². The van der Waals surface area contributed by atoms with Crippen LogP contribution in [-0.2, 0) is 14.8 Å². The van der Waals surface area contributed by atoms with Gasteiger partial charge in [0, 0.05) is 13.1 Å². The van der Waals surface area contributed by atoms with E-state index in [9.17, 15) is 13.2 Å². The molecule has 1 N–H and O–H groups in total. The molecule has 0 aromatic heterocycles. The van der Waals surface area contributed by atoms with E-state index in [0.717, 1.165) is 30.4 Å². The van der Waals surface area contributed by atoms with Crippen molar-refractivity contribution in [1.29, 1.82) is 0 Å². The van der Waals surface area contributed by atoms with Gasteiger partial charge in [-0.2, -0.15) is 4.31 Å². The average molecular weight is 447 g/mol. The van der Waals surface area contributed by atoms with Gasteiger partial charge < -0.3 is 14.8 Å². The Morgan fingerprint density at radius 3 is 2.45 bits per heavy atom. The second-order valence-corrected chi connectivity index (χ2v) is 9.71. The molecule has 1 aliphatic heterocycles. The molecule has 1 atom stereocenters. The topological polar surface area (TPSA) is 84.9 Å². The van der Waals surface area contributed by atoms with Crippen molar-refractivity contribution in [3.63, 3.8) is 0 Å². The molecular formula is C23H30N2O5S. The molecule has 0 bridgehead atoms. The van der Waals surface area contributed by atoms with Gasteiger partial charge in [0.15, 0.2) is 6.10 Å². The quantitative estimate of drug-likeness (QED) is 0.697. The number of amides is 1. The first kappa shape index (κ1) is 23.1. The Labute approximate surface area is 184 Å². The number of benzene rings is 2. The Morgan fingerprint density at radius 1 is 1.06 bits per heavy atom. The van der Waals surface area contributed by atoms with Gasteiger partial charge in [0.1, 0.15) is 11.5 Å². The molecule has 2 aromatic rings. The van der Waals surface area contributed by atoms with Gasteiger partial charge in [0.25, 0.3) is 5.91 Å². The second kappa shape index (κ2) is 9.70. The van der Waals surface area contributed by atoms with E-state index < -0.39 is 22.0 Å². The zero-order chi connectivity index (χ0) is 22.6. The van der Waals surface area contributed by atoms with Crippen LogP contribution in [0.3, 0.4) is 0 Å². The van der Waals surface area contributed by atoms with E-state index in [2.05, 4.69) is 5.32 Å². The highest BCUT2D eigenvalue weighted by Gasteiger charge is 2.27. The van der Waals surface area contributed by atoms with Gasteiger partial charge in [0.05, 0.1) is 17.7 Å². The fourth-order valence-electron chi connectivity index (χ4n) is 3.53. The first-order chi connectivity index (χ1) is 14.7. The molecule has 0 spiro atoms. The number of carbonyl (C=O) groups is 1. The van der Waals surface area contributed by atoms with Crippen molar-refractivity contribution in [2.75, 3.05) is 25.5 Å². The van der Waals surface area contributed by atoms with Crippen molar-refractivity contribution in [1.82, 2.24) is 4.31 Å². The highest BCUT2D eigenvalue weighted by molar-refractivity contribution is 7.89. The number of nitrogens with one attached hydrogen (secondary N) is 1. The molecule has 0 unspecified atom stereocenters. The highest BCUT2D eigenvalue weighted by Crippen LogP contribution is 2.30. The summed E-state index contributed by atoms with van der Waals surface area (Å²) in [5.74, 6) is 0.618. The third-order valence-electron chi connectivity index (χ3n) is 5.61. The van der Waals surface area contributed by atoms with Crippen molar-refractivity contribution >= 4 is 21.6 Å². The summed E-state index contributed by atoms with van der Waals surface area (Å²) in [5.41, 5.74) is 2.33. The number of hydrogen-bond acceptors (Lipinski definition) is 5. The van der Waals surface area contributed by atoms with Crippen LogP contribution in [0.2, 0.25) is 0 Å². The number of ether oxygens (including phenoxy) is 2. The molecule has 1 saturated heterocycles. The van der Waals surface area contributed by atoms with Crippen LogP contribution < -0.4 is 14.8 Å². The first-order valence-electron chi connectivity index (χ1n) is 10.5. The van der Waals surface area contributed by atoms with E-state index in [4.69, 9.17) is 9.47 Å². The maximum absolute atomic E-state index is 13.0. The SMILES string of the molecule is COc1ccc(S(=O)(=O)N2CCCCC2)cc1NC(=O)[C@H](C)Oc1cccc(C)c1C. The maximum Gasteiger partial charge on any atom is 0.265 e. The lowest BCUT2D eigenvalue weighted by atomic mass is 10.1. The minimum Gasteiger partial charge on any atom is -0.495 e. The van der Waals surface area contributed by atoms with Gasteiger partial charge in [-0.15, -0.1) is 0 Å². The fraction of sp³-hybridized carbons (Fsp3) is 0.435. The summed E-state index contributed by atoms with van der Waals surface area (Å²) >= 11 is 0. The summed E-state index contributed by atoms with van der Waals surface area (Å²) in [6.45, 7) is 6.59. The van der Waals surface area contributed by atoms with Crippen LogP contribution in [0.25, 0.3) is 0 Å². The number of nitrogens with zero attached hydrogens (tertiary/aromatic N) is 1. The van der Waals surface area contributed by atoms with E-state index in [-0.39, 0.29) is 4.90 Å². The molecule has 31 heavy (non-hydrogen) atoms.